The minimum absolute atomic E-state index is 0.0326. The zero-order chi connectivity index (χ0) is 19.9. The van der Waals surface area contributed by atoms with E-state index in [1.807, 2.05) is 43.3 Å². The summed E-state index contributed by atoms with van der Waals surface area (Å²) >= 11 is 12.5. The number of para-hydroxylation sites is 1. The highest BCUT2D eigenvalue weighted by Crippen LogP contribution is 2.32. The molecule has 5 nitrogen and oxygen atoms in total. The molecular weight excluding hydrogens is 395 g/mol. The third-order valence-corrected chi connectivity index (χ3v) is 5.36. The molecule has 0 radical (unpaired) electrons. The Hall–Kier alpha value is -2.24. The summed E-state index contributed by atoms with van der Waals surface area (Å²) in [4.78, 5) is 16.7. The molecule has 1 atom stereocenters. The molecule has 0 aromatic heterocycles. The third-order valence-electron chi connectivity index (χ3n) is 4.65. The monoisotopic (exact) mass is 418 g/mol. The maximum Gasteiger partial charge on any atom is 0.225 e. The molecule has 28 heavy (non-hydrogen) atoms. The van der Waals surface area contributed by atoms with E-state index in [1.54, 1.807) is 0 Å². The van der Waals surface area contributed by atoms with E-state index in [2.05, 4.69) is 22.0 Å². The van der Waals surface area contributed by atoms with Crippen molar-refractivity contribution in [3.63, 3.8) is 0 Å². The number of hydrogen-bond acceptors (Lipinski definition) is 2. The van der Waals surface area contributed by atoms with Gasteiger partial charge in [0, 0.05) is 41.2 Å². The first-order valence-electron chi connectivity index (χ1n) is 9.42. The lowest BCUT2D eigenvalue weighted by molar-refractivity contribution is -0.116. The molecule has 7 heteroatoms. The van der Waals surface area contributed by atoms with Gasteiger partial charge in [-0.2, -0.15) is 0 Å². The van der Waals surface area contributed by atoms with Crippen LogP contribution in [0.2, 0.25) is 10.0 Å². The van der Waals surface area contributed by atoms with Gasteiger partial charge in [0.2, 0.25) is 5.91 Å². The minimum atomic E-state index is 0.0326. The van der Waals surface area contributed by atoms with E-state index in [9.17, 15) is 4.79 Å². The minimum Gasteiger partial charge on any atom is -0.357 e. The predicted octanol–water partition coefficient (Wildman–Crippen LogP) is 4.22. The Balaban J connectivity index is 1.64. The number of rotatable bonds is 6. The second kappa shape index (κ2) is 9.80. The molecule has 0 saturated carbocycles. The topological polar surface area (TPSA) is 65.5 Å². The summed E-state index contributed by atoms with van der Waals surface area (Å²) in [5.41, 5.74) is 2.93. The summed E-state index contributed by atoms with van der Waals surface area (Å²) in [5, 5.41) is 10.8. The van der Waals surface area contributed by atoms with Crippen LogP contribution in [-0.4, -0.2) is 31.5 Å². The molecule has 3 rings (SSSR count). The first-order chi connectivity index (χ1) is 13.6. The Morgan fingerprint density at radius 3 is 2.64 bits per heavy atom. The van der Waals surface area contributed by atoms with Gasteiger partial charge in [0.25, 0.3) is 0 Å². The number of benzene rings is 2. The van der Waals surface area contributed by atoms with Gasteiger partial charge in [-0.15, -0.1) is 0 Å². The number of amides is 1. The van der Waals surface area contributed by atoms with Crippen molar-refractivity contribution in [2.24, 2.45) is 4.99 Å². The van der Waals surface area contributed by atoms with Crippen LogP contribution in [0.25, 0.3) is 0 Å². The molecule has 2 aromatic carbocycles. The molecule has 1 unspecified atom stereocenters. The van der Waals surface area contributed by atoms with Gasteiger partial charge in [0.1, 0.15) is 0 Å². The van der Waals surface area contributed by atoms with Gasteiger partial charge >= 0.3 is 0 Å². The molecule has 2 aromatic rings. The average Bonchev–Trinajstić information content (AvgIpc) is 2.68. The Morgan fingerprint density at radius 1 is 1.14 bits per heavy atom. The summed E-state index contributed by atoms with van der Waals surface area (Å²) < 4.78 is 0. The molecule has 1 amide bonds. The number of carbonyl (C=O) groups is 1. The van der Waals surface area contributed by atoms with Crippen LogP contribution in [0.3, 0.4) is 0 Å². The first-order valence-corrected chi connectivity index (χ1v) is 10.2. The van der Waals surface area contributed by atoms with Crippen LogP contribution in [-0.2, 0) is 11.2 Å². The van der Waals surface area contributed by atoms with E-state index >= 15 is 0 Å². The fourth-order valence-corrected chi connectivity index (χ4v) is 3.87. The number of hydrogen-bond donors (Lipinski definition) is 3. The van der Waals surface area contributed by atoms with Gasteiger partial charge in [-0.1, -0.05) is 47.5 Å². The van der Waals surface area contributed by atoms with Gasteiger partial charge in [-0.3, -0.25) is 9.79 Å². The quantitative estimate of drug-likeness (QED) is 0.485. The zero-order valence-electron chi connectivity index (χ0n) is 15.8. The smallest absolute Gasteiger partial charge is 0.225 e. The van der Waals surface area contributed by atoms with Gasteiger partial charge in [0.05, 0.1) is 6.54 Å². The fraction of sp³-hybridized carbons (Fsp3) is 0.333. The van der Waals surface area contributed by atoms with Crippen molar-refractivity contribution in [2.75, 3.05) is 25.0 Å². The Morgan fingerprint density at radius 2 is 1.89 bits per heavy atom. The van der Waals surface area contributed by atoms with Crippen LogP contribution in [0.4, 0.5) is 5.69 Å². The van der Waals surface area contributed by atoms with E-state index < -0.39 is 0 Å². The van der Waals surface area contributed by atoms with Crippen molar-refractivity contribution in [1.82, 2.24) is 10.6 Å². The normalized spacial score (nSPS) is 16.3. The second-order valence-corrected chi connectivity index (χ2v) is 7.45. The van der Waals surface area contributed by atoms with Crippen LogP contribution in [0, 0.1) is 0 Å². The molecular formula is C21H24Cl2N4O. The maximum atomic E-state index is 12.0. The molecule has 3 N–H and O–H groups in total. The van der Waals surface area contributed by atoms with Gasteiger partial charge in [0.15, 0.2) is 5.96 Å². The third kappa shape index (κ3) is 5.18. The van der Waals surface area contributed by atoms with Gasteiger partial charge in [-0.25, -0.2) is 0 Å². The predicted molar refractivity (Wildman–Crippen MR) is 117 cm³/mol. The molecule has 1 aliphatic rings. The Bertz CT molecular complexity index is 849. The highest BCUT2D eigenvalue weighted by Gasteiger charge is 2.24. The van der Waals surface area contributed by atoms with Gasteiger partial charge < -0.3 is 16.0 Å². The summed E-state index contributed by atoms with van der Waals surface area (Å²) in [5.74, 6) is 0.817. The molecule has 0 fully saturated rings. The largest absolute Gasteiger partial charge is 0.357 e. The molecule has 0 spiro atoms. The summed E-state index contributed by atoms with van der Waals surface area (Å²) in [6.45, 7) is 3.95. The lowest BCUT2D eigenvalue weighted by atomic mass is 9.91. The van der Waals surface area contributed by atoms with Crippen molar-refractivity contribution in [1.29, 1.82) is 0 Å². The second-order valence-electron chi connectivity index (χ2n) is 6.63. The molecule has 1 heterocycles. The highest BCUT2D eigenvalue weighted by molar-refractivity contribution is 6.36. The lowest BCUT2D eigenvalue weighted by Crippen LogP contribution is -2.39. The summed E-state index contributed by atoms with van der Waals surface area (Å²) in [6.07, 6.45) is 1.13. The summed E-state index contributed by atoms with van der Waals surface area (Å²) in [7, 11) is 0. The first kappa shape index (κ1) is 20.5. The van der Waals surface area contributed by atoms with Crippen LogP contribution in [0.5, 0.6) is 0 Å². The molecule has 0 bridgehead atoms. The number of nitrogens with one attached hydrogen (secondary N) is 3. The van der Waals surface area contributed by atoms with Crippen molar-refractivity contribution in [3.05, 3.63) is 63.6 Å². The SMILES string of the molecule is CCNC(=NCC1CC(=O)Nc2ccccc21)NCCc1c(Cl)cccc1Cl. The number of guanidine groups is 1. The average molecular weight is 419 g/mol. The number of carbonyl (C=O) groups excluding carboxylic acids is 1. The van der Waals surface area contributed by atoms with Crippen molar-refractivity contribution >= 4 is 40.8 Å². The number of fused-ring (bicyclic) bond motifs is 1. The van der Waals surface area contributed by atoms with Crippen LogP contribution < -0.4 is 16.0 Å². The van der Waals surface area contributed by atoms with E-state index in [-0.39, 0.29) is 11.8 Å². The van der Waals surface area contributed by atoms with E-state index in [4.69, 9.17) is 28.2 Å². The standard InChI is InChI=1S/C21H24Cl2N4O/c1-2-24-21(25-11-10-16-17(22)7-5-8-18(16)23)26-13-14-12-20(28)27-19-9-4-3-6-15(14)19/h3-9,14H,2,10-13H2,1H3,(H,27,28)(H2,24,25,26). The maximum absolute atomic E-state index is 12.0. The lowest BCUT2D eigenvalue weighted by Gasteiger charge is -2.24. The number of anilines is 1. The van der Waals surface area contributed by atoms with Crippen LogP contribution in [0.1, 0.15) is 30.4 Å². The van der Waals surface area contributed by atoms with Crippen LogP contribution >= 0.6 is 23.2 Å². The van der Waals surface area contributed by atoms with Crippen LogP contribution in [0.15, 0.2) is 47.5 Å². The van der Waals surface area contributed by atoms with Gasteiger partial charge in [-0.05, 0) is 42.7 Å². The fourth-order valence-electron chi connectivity index (χ4n) is 3.29. The number of aliphatic imine (C=N–C) groups is 1. The summed E-state index contributed by atoms with van der Waals surface area (Å²) in [6, 6.07) is 13.4. The Kier molecular flexibility index (Phi) is 7.18. The number of nitrogens with zero attached hydrogens (tertiary/aromatic N) is 1. The highest BCUT2D eigenvalue weighted by atomic mass is 35.5. The molecule has 1 aliphatic heterocycles. The van der Waals surface area contributed by atoms with E-state index in [0.29, 0.717) is 41.9 Å². The van der Waals surface area contributed by atoms with E-state index in [0.717, 1.165) is 23.4 Å². The van der Waals surface area contributed by atoms with Crippen molar-refractivity contribution in [3.8, 4) is 0 Å². The van der Waals surface area contributed by atoms with E-state index in [1.165, 1.54) is 0 Å². The molecule has 148 valence electrons. The van der Waals surface area contributed by atoms with Crippen molar-refractivity contribution in [2.45, 2.75) is 25.7 Å². The number of halogens is 2. The zero-order valence-corrected chi connectivity index (χ0v) is 17.3. The molecule has 0 aliphatic carbocycles. The molecule has 0 saturated heterocycles. The Labute approximate surface area is 175 Å². The van der Waals surface area contributed by atoms with Crippen molar-refractivity contribution < 1.29 is 4.79 Å².